The molecule has 0 bridgehead atoms. The Labute approximate surface area is 79.3 Å². The maximum atomic E-state index is 8.29. The summed E-state index contributed by atoms with van der Waals surface area (Å²) >= 11 is 9.71. The van der Waals surface area contributed by atoms with E-state index in [1.807, 2.05) is 0 Å². The Bertz CT molecular complexity index is 70.7. The summed E-state index contributed by atoms with van der Waals surface area (Å²) in [6, 6.07) is 0. The SMILES string of the molecule is OCCOCC(Br)(Br)Br. The lowest BCUT2D eigenvalue weighted by Crippen LogP contribution is -2.12. The molecule has 0 atom stereocenters. The lowest BCUT2D eigenvalue weighted by atomic mass is 10.7. The molecule has 5 heteroatoms. The average molecular weight is 327 g/mol. The molecule has 0 unspecified atom stereocenters. The zero-order valence-electron chi connectivity index (χ0n) is 4.61. The molecule has 2 nitrogen and oxygen atoms in total. The quantitative estimate of drug-likeness (QED) is 0.633. The highest BCUT2D eigenvalue weighted by Gasteiger charge is 2.16. The first-order valence-corrected chi connectivity index (χ1v) is 4.69. The van der Waals surface area contributed by atoms with Crippen LogP contribution in [0.3, 0.4) is 0 Å². The van der Waals surface area contributed by atoms with Gasteiger partial charge in [0.05, 0.1) is 19.8 Å². The summed E-state index contributed by atoms with van der Waals surface area (Å²) in [4.78, 5) is 0. The van der Waals surface area contributed by atoms with E-state index in [2.05, 4.69) is 47.8 Å². The molecule has 0 aromatic heterocycles. The minimum Gasteiger partial charge on any atom is -0.394 e. The fourth-order valence-corrected chi connectivity index (χ4v) is 0.738. The van der Waals surface area contributed by atoms with Crippen LogP contribution in [0.25, 0.3) is 0 Å². The number of alkyl halides is 3. The minimum absolute atomic E-state index is 0.0586. The molecule has 56 valence electrons. The van der Waals surface area contributed by atoms with Crippen molar-refractivity contribution in [1.29, 1.82) is 0 Å². The second kappa shape index (κ2) is 5.07. The van der Waals surface area contributed by atoms with E-state index in [9.17, 15) is 0 Å². The third-order valence-corrected chi connectivity index (χ3v) is 1.19. The predicted octanol–water partition coefficient (Wildman–Crippen LogP) is 1.83. The van der Waals surface area contributed by atoms with Crippen molar-refractivity contribution in [2.75, 3.05) is 19.8 Å². The molecule has 0 amide bonds. The van der Waals surface area contributed by atoms with Gasteiger partial charge in [-0.2, -0.15) is 0 Å². The summed E-state index contributed by atoms with van der Waals surface area (Å²) in [6.07, 6.45) is 0. The van der Waals surface area contributed by atoms with E-state index in [0.29, 0.717) is 13.2 Å². The van der Waals surface area contributed by atoms with Gasteiger partial charge in [0, 0.05) is 0 Å². The summed E-state index contributed by atoms with van der Waals surface area (Å²) < 4.78 is 4.61. The van der Waals surface area contributed by atoms with Crippen LogP contribution in [0, 0.1) is 0 Å². The Morgan fingerprint density at radius 1 is 1.33 bits per heavy atom. The molecule has 0 heterocycles. The van der Waals surface area contributed by atoms with E-state index < -0.39 is 0 Å². The fourth-order valence-electron chi connectivity index (χ4n) is 0.252. The summed E-state index contributed by atoms with van der Waals surface area (Å²) in [5.41, 5.74) is 0. The molecule has 1 N–H and O–H groups in total. The molecule has 0 saturated heterocycles. The van der Waals surface area contributed by atoms with Gasteiger partial charge in [0.2, 0.25) is 0 Å². The number of ether oxygens (including phenoxy) is 1. The monoisotopic (exact) mass is 324 g/mol. The highest BCUT2D eigenvalue weighted by molar-refractivity contribution is 9.39. The number of aliphatic hydroxyl groups is 1. The van der Waals surface area contributed by atoms with Crippen LogP contribution in [0.5, 0.6) is 0 Å². The van der Waals surface area contributed by atoms with Crippen molar-refractivity contribution in [3.8, 4) is 0 Å². The average Bonchev–Trinajstić information content (AvgIpc) is 1.63. The lowest BCUT2D eigenvalue weighted by molar-refractivity contribution is 0.0996. The van der Waals surface area contributed by atoms with E-state index in [4.69, 9.17) is 9.84 Å². The molecule has 0 aliphatic carbocycles. The predicted molar refractivity (Wildman–Crippen MR) is 47.4 cm³/mol. The van der Waals surface area contributed by atoms with E-state index in [1.54, 1.807) is 0 Å². The number of aliphatic hydroxyl groups excluding tert-OH is 1. The highest BCUT2D eigenvalue weighted by Crippen LogP contribution is 2.33. The van der Waals surface area contributed by atoms with Crippen LogP contribution >= 0.6 is 47.8 Å². The Balaban J connectivity index is 3.07. The first-order valence-electron chi connectivity index (χ1n) is 2.31. The minimum atomic E-state index is -0.345. The van der Waals surface area contributed by atoms with E-state index >= 15 is 0 Å². The topological polar surface area (TPSA) is 29.5 Å². The molecule has 0 radical (unpaired) electrons. The molecule has 0 saturated carbocycles. The Morgan fingerprint density at radius 3 is 2.22 bits per heavy atom. The molecule has 0 aliphatic heterocycles. The van der Waals surface area contributed by atoms with Crippen molar-refractivity contribution in [3.05, 3.63) is 0 Å². The van der Waals surface area contributed by atoms with Crippen LogP contribution in [-0.4, -0.2) is 27.1 Å². The molecule has 0 aromatic carbocycles. The molecule has 0 aromatic rings. The van der Waals surface area contributed by atoms with Gasteiger partial charge in [-0.05, 0) is 0 Å². The summed E-state index contributed by atoms with van der Waals surface area (Å²) in [5.74, 6) is 0. The van der Waals surface area contributed by atoms with Crippen molar-refractivity contribution < 1.29 is 9.84 Å². The van der Waals surface area contributed by atoms with Crippen molar-refractivity contribution in [3.63, 3.8) is 0 Å². The summed E-state index contributed by atoms with van der Waals surface area (Å²) in [7, 11) is 0. The van der Waals surface area contributed by atoms with Crippen molar-refractivity contribution in [2.45, 2.75) is 2.14 Å². The van der Waals surface area contributed by atoms with Crippen LogP contribution in [0.15, 0.2) is 0 Å². The maximum absolute atomic E-state index is 8.29. The van der Waals surface area contributed by atoms with Crippen molar-refractivity contribution >= 4 is 47.8 Å². The molecule has 0 spiro atoms. The normalized spacial score (nSPS) is 12.0. The first-order chi connectivity index (χ1) is 4.06. The van der Waals surface area contributed by atoms with Crippen molar-refractivity contribution in [2.24, 2.45) is 0 Å². The molecule has 0 rings (SSSR count). The molecular weight excluding hydrogens is 320 g/mol. The van der Waals surface area contributed by atoms with Gasteiger partial charge in [0.15, 0.2) is 2.14 Å². The summed E-state index contributed by atoms with van der Waals surface area (Å²) in [5, 5.41) is 8.29. The van der Waals surface area contributed by atoms with Crippen molar-refractivity contribution in [1.82, 2.24) is 0 Å². The van der Waals surface area contributed by atoms with Gasteiger partial charge < -0.3 is 9.84 Å². The van der Waals surface area contributed by atoms with Gasteiger partial charge in [-0.3, -0.25) is 0 Å². The highest BCUT2D eigenvalue weighted by atomic mass is 80.0. The standard InChI is InChI=1S/C4H7Br3O2/c5-4(6,7)3-9-2-1-8/h8H,1-3H2. The lowest BCUT2D eigenvalue weighted by Gasteiger charge is -2.10. The van der Waals surface area contributed by atoms with Gasteiger partial charge in [0.25, 0.3) is 0 Å². The zero-order chi connectivity index (χ0) is 7.33. The van der Waals surface area contributed by atoms with E-state index in [-0.39, 0.29) is 8.75 Å². The number of hydrogen-bond donors (Lipinski definition) is 1. The van der Waals surface area contributed by atoms with Crippen LogP contribution < -0.4 is 0 Å². The number of halogens is 3. The number of rotatable bonds is 3. The first kappa shape index (κ1) is 10.4. The van der Waals surface area contributed by atoms with Crippen LogP contribution in [0.2, 0.25) is 0 Å². The molecular formula is C4H7Br3O2. The number of hydrogen-bond acceptors (Lipinski definition) is 2. The largest absolute Gasteiger partial charge is 0.394 e. The molecule has 9 heavy (non-hydrogen) atoms. The van der Waals surface area contributed by atoms with Gasteiger partial charge in [-0.1, -0.05) is 47.8 Å². The second-order valence-corrected chi connectivity index (χ2v) is 8.65. The van der Waals surface area contributed by atoms with Gasteiger partial charge in [-0.15, -0.1) is 0 Å². The van der Waals surface area contributed by atoms with Gasteiger partial charge in [-0.25, -0.2) is 0 Å². The maximum Gasteiger partial charge on any atom is 0.158 e. The van der Waals surface area contributed by atoms with Crippen LogP contribution in [-0.2, 0) is 4.74 Å². The van der Waals surface area contributed by atoms with Gasteiger partial charge in [0.1, 0.15) is 0 Å². The Morgan fingerprint density at radius 2 is 1.89 bits per heavy atom. The van der Waals surface area contributed by atoms with E-state index in [1.165, 1.54) is 0 Å². The van der Waals surface area contributed by atoms with Crippen LogP contribution in [0.1, 0.15) is 0 Å². The third-order valence-electron chi connectivity index (χ3n) is 0.501. The molecule has 0 aliphatic rings. The van der Waals surface area contributed by atoms with E-state index in [0.717, 1.165) is 0 Å². The summed E-state index contributed by atoms with van der Waals surface area (Å²) in [6.45, 7) is 0.890. The zero-order valence-corrected chi connectivity index (χ0v) is 9.37. The van der Waals surface area contributed by atoms with Crippen LogP contribution in [0.4, 0.5) is 0 Å². The second-order valence-electron chi connectivity index (χ2n) is 1.39. The Kier molecular flexibility index (Phi) is 5.84. The third kappa shape index (κ3) is 9.36. The van der Waals surface area contributed by atoms with Gasteiger partial charge >= 0.3 is 0 Å². The smallest absolute Gasteiger partial charge is 0.158 e. The Hall–Kier alpha value is 1.36. The molecule has 0 fully saturated rings. The fraction of sp³-hybridized carbons (Fsp3) is 1.00.